The molecule has 0 spiro atoms. The van der Waals surface area contributed by atoms with Gasteiger partial charge in [0.1, 0.15) is 0 Å². The number of aromatic nitrogens is 2. The molecule has 0 radical (unpaired) electrons. The Balaban J connectivity index is 3.08. The van der Waals surface area contributed by atoms with Crippen molar-refractivity contribution in [1.29, 1.82) is 0 Å². The van der Waals surface area contributed by atoms with Gasteiger partial charge in [-0.3, -0.25) is 0 Å². The Bertz CT molecular complexity index is 420. The van der Waals surface area contributed by atoms with Crippen LogP contribution in [0, 0.1) is 0 Å². The fourth-order valence-corrected chi connectivity index (χ4v) is 2.03. The van der Waals surface area contributed by atoms with Crippen LogP contribution < -0.4 is 0 Å². The van der Waals surface area contributed by atoms with Crippen LogP contribution in [0.2, 0.25) is 10.3 Å². The molecule has 1 rings (SSSR count). The van der Waals surface area contributed by atoms with E-state index in [0.29, 0.717) is 0 Å². The van der Waals surface area contributed by atoms with Crippen molar-refractivity contribution in [3.8, 4) is 0 Å². The third-order valence-electron chi connectivity index (χ3n) is 1.12. The molecule has 0 N–H and O–H groups in total. The molecule has 1 aromatic rings. The van der Waals surface area contributed by atoms with Crippen LogP contribution >= 0.6 is 33.9 Å². The number of hydrogen-bond donors (Lipinski definition) is 0. The second-order valence-corrected chi connectivity index (χ2v) is 5.69. The number of hydrogen-bond acceptors (Lipinski definition) is 4. The first-order valence-electron chi connectivity index (χ1n) is 2.98. The third kappa shape index (κ3) is 3.64. The van der Waals surface area contributed by atoms with Crippen LogP contribution in [-0.4, -0.2) is 18.6 Å². The van der Waals surface area contributed by atoms with E-state index in [9.17, 15) is 8.42 Å². The fraction of sp³-hybridized carbons (Fsp3) is 0.200. The van der Waals surface area contributed by atoms with Gasteiger partial charge in [0, 0.05) is 16.2 Å². The monoisotopic (exact) mass is 260 g/mol. The first-order chi connectivity index (χ1) is 5.88. The van der Waals surface area contributed by atoms with Crippen LogP contribution in [0.4, 0.5) is 0 Å². The molecule has 0 aliphatic rings. The van der Waals surface area contributed by atoms with Crippen LogP contribution in [0.3, 0.4) is 0 Å². The van der Waals surface area contributed by atoms with E-state index in [1.165, 1.54) is 6.07 Å². The van der Waals surface area contributed by atoms with Crippen LogP contribution in [0.25, 0.3) is 0 Å². The topological polar surface area (TPSA) is 59.9 Å². The molecule has 4 nitrogen and oxygen atoms in total. The van der Waals surface area contributed by atoms with E-state index in [1.54, 1.807) is 0 Å². The molecule has 0 unspecified atom stereocenters. The van der Waals surface area contributed by atoms with Gasteiger partial charge in [0.15, 0.2) is 10.3 Å². The summed E-state index contributed by atoms with van der Waals surface area (Å²) in [7, 11) is 1.36. The summed E-state index contributed by atoms with van der Waals surface area (Å²) in [5, 5.41) is 6.89. The average Bonchev–Trinajstić information content (AvgIpc) is 1.94. The van der Waals surface area contributed by atoms with E-state index >= 15 is 0 Å². The van der Waals surface area contributed by atoms with Crippen molar-refractivity contribution in [3.05, 3.63) is 21.9 Å². The maximum atomic E-state index is 10.7. The molecule has 0 atom stereocenters. The summed E-state index contributed by atoms with van der Waals surface area (Å²) in [6.07, 6.45) is 0. The Kier molecular flexibility index (Phi) is 3.34. The lowest BCUT2D eigenvalue weighted by Gasteiger charge is -1.99. The second-order valence-electron chi connectivity index (χ2n) is 2.17. The average molecular weight is 262 g/mol. The molecule has 8 heteroatoms. The first-order valence-corrected chi connectivity index (χ1v) is 6.22. The Morgan fingerprint density at radius 3 is 2.46 bits per heavy atom. The van der Waals surface area contributed by atoms with E-state index in [0.717, 1.165) is 0 Å². The fourth-order valence-electron chi connectivity index (χ4n) is 0.675. The highest BCUT2D eigenvalue weighted by atomic mass is 35.7. The summed E-state index contributed by atoms with van der Waals surface area (Å²) < 4.78 is 21.4. The molecule has 0 aliphatic heterocycles. The summed E-state index contributed by atoms with van der Waals surface area (Å²) in [6.45, 7) is 0. The Hall–Kier alpha value is -0.100. The first kappa shape index (κ1) is 11.0. The standard InChI is InChI=1S/C5H3Cl3N2O2S/c6-4-1-3(2-13(8,11)12)5(7)10-9-4/h1H,2H2. The lowest BCUT2D eigenvalue weighted by molar-refractivity contribution is 0.608. The molecule has 1 heterocycles. The summed E-state index contributed by atoms with van der Waals surface area (Å²) in [5.41, 5.74) is 0.233. The molecule has 0 amide bonds. The zero-order valence-corrected chi connectivity index (χ0v) is 9.12. The number of rotatable bonds is 2. The van der Waals surface area contributed by atoms with E-state index < -0.39 is 14.8 Å². The Labute approximate surface area is 89.2 Å². The minimum absolute atomic E-state index is 0.0198. The van der Waals surface area contributed by atoms with Crippen molar-refractivity contribution in [1.82, 2.24) is 10.2 Å². The van der Waals surface area contributed by atoms with E-state index in [-0.39, 0.29) is 15.9 Å². The quantitative estimate of drug-likeness (QED) is 0.762. The van der Waals surface area contributed by atoms with E-state index in [1.807, 2.05) is 0 Å². The van der Waals surface area contributed by atoms with Gasteiger partial charge in [-0.2, -0.15) is 0 Å². The van der Waals surface area contributed by atoms with Gasteiger partial charge in [-0.25, -0.2) is 8.42 Å². The highest BCUT2D eigenvalue weighted by Gasteiger charge is 2.12. The van der Waals surface area contributed by atoms with Crippen LogP contribution in [0.1, 0.15) is 5.56 Å². The van der Waals surface area contributed by atoms with Gasteiger partial charge < -0.3 is 0 Å². The molecular formula is C5H3Cl3N2O2S. The van der Waals surface area contributed by atoms with Crippen molar-refractivity contribution in [2.45, 2.75) is 5.75 Å². The molecule has 0 aromatic carbocycles. The molecule has 72 valence electrons. The van der Waals surface area contributed by atoms with E-state index in [2.05, 4.69) is 10.2 Å². The zero-order chi connectivity index (χ0) is 10.1. The maximum Gasteiger partial charge on any atom is 0.236 e. The summed E-state index contributed by atoms with van der Waals surface area (Å²) in [5.74, 6) is -0.414. The lowest BCUT2D eigenvalue weighted by Crippen LogP contribution is -1.98. The van der Waals surface area contributed by atoms with Crippen molar-refractivity contribution in [2.75, 3.05) is 0 Å². The van der Waals surface area contributed by atoms with Crippen molar-refractivity contribution in [3.63, 3.8) is 0 Å². The third-order valence-corrected chi connectivity index (χ3v) is 2.61. The van der Waals surface area contributed by atoms with E-state index in [4.69, 9.17) is 33.9 Å². The van der Waals surface area contributed by atoms with Gasteiger partial charge in [0.2, 0.25) is 9.05 Å². The molecular weight excluding hydrogens is 258 g/mol. The SMILES string of the molecule is O=S(=O)(Cl)Cc1cc(Cl)nnc1Cl. The predicted octanol–water partition coefficient (Wildman–Crippen LogP) is 1.85. The highest BCUT2D eigenvalue weighted by Crippen LogP contribution is 2.19. The van der Waals surface area contributed by atoms with Gasteiger partial charge in [-0.05, 0) is 6.07 Å². The van der Waals surface area contributed by atoms with Crippen LogP contribution in [0.5, 0.6) is 0 Å². The molecule has 0 saturated carbocycles. The smallest absolute Gasteiger partial charge is 0.212 e. The minimum atomic E-state index is -3.66. The van der Waals surface area contributed by atoms with Gasteiger partial charge >= 0.3 is 0 Å². The molecule has 0 fully saturated rings. The van der Waals surface area contributed by atoms with Crippen molar-refractivity contribution < 1.29 is 8.42 Å². The normalized spacial score (nSPS) is 11.6. The zero-order valence-electron chi connectivity index (χ0n) is 6.04. The number of nitrogens with zero attached hydrogens (tertiary/aromatic N) is 2. The van der Waals surface area contributed by atoms with Crippen molar-refractivity contribution in [2.24, 2.45) is 0 Å². The summed E-state index contributed by atoms with van der Waals surface area (Å²) >= 11 is 11.0. The highest BCUT2D eigenvalue weighted by molar-refractivity contribution is 8.13. The van der Waals surface area contributed by atoms with Gasteiger partial charge in [-0.1, -0.05) is 23.2 Å². The van der Waals surface area contributed by atoms with Gasteiger partial charge in [-0.15, -0.1) is 10.2 Å². The number of halogens is 3. The summed E-state index contributed by atoms with van der Waals surface area (Å²) in [6, 6.07) is 1.30. The second kappa shape index (κ2) is 3.96. The molecule has 1 aromatic heterocycles. The Morgan fingerprint density at radius 1 is 1.31 bits per heavy atom. The largest absolute Gasteiger partial charge is 0.236 e. The summed E-state index contributed by atoms with van der Waals surface area (Å²) in [4.78, 5) is 0. The lowest BCUT2D eigenvalue weighted by atomic mass is 10.3. The minimum Gasteiger partial charge on any atom is -0.212 e. The molecule has 13 heavy (non-hydrogen) atoms. The van der Waals surface area contributed by atoms with Crippen molar-refractivity contribution >= 4 is 42.9 Å². The van der Waals surface area contributed by atoms with Gasteiger partial charge in [0.25, 0.3) is 0 Å². The Morgan fingerprint density at radius 2 is 1.92 bits per heavy atom. The molecule has 0 bridgehead atoms. The predicted molar refractivity (Wildman–Crippen MR) is 50.5 cm³/mol. The molecule has 0 saturated heterocycles. The molecule has 0 aliphatic carbocycles. The van der Waals surface area contributed by atoms with Crippen LogP contribution in [-0.2, 0) is 14.8 Å². The van der Waals surface area contributed by atoms with Gasteiger partial charge in [0.05, 0.1) is 5.75 Å². The van der Waals surface area contributed by atoms with Crippen LogP contribution in [0.15, 0.2) is 6.07 Å². The maximum absolute atomic E-state index is 10.7.